The van der Waals surface area contributed by atoms with Crippen molar-refractivity contribution in [3.05, 3.63) is 52.3 Å². The third-order valence-corrected chi connectivity index (χ3v) is 4.04. The summed E-state index contributed by atoms with van der Waals surface area (Å²) in [7, 11) is 0. The van der Waals surface area contributed by atoms with Gasteiger partial charge in [0.05, 0.1) is 17.0 Å². The Labute approximate surface area is 128 Å². The summed E-state index contributed by atoms with van der Waals surface area (Å²) in [5.41, 5.74) is 0.540. The van der Waals surface area contributed by atoms with Crippen molar-refractivity contribution >= 4 is 5.69 Å². The normalized spacial score (nSPS) is 18.7. The molecule has 1 fully saturated rings. The highest BCUT2D eigenvalue weighted by molar-refractivity contribution is 5.69. The van der Waals surface area contributed by atoms with Crippen LogP contribution in [0.3, 0.4) is 0 Å². The number of aliphatic hydroxyl groups is 1. The maximum Gasteiger partial charge on any atom is 0.280 e. The largest absolute Gasteiger partial charge is 0.459 e. The number of hydrogen-bond donors (Lipinski definition) is 1. The van der Waals surface area contributed by atoms with Gasteiger partial charge in [-0.25, -0.2) is 0 Å². The van der Waals surface area contributed by atoms with E-state index >= 15 is 0 Å². The first-order chi connectivity index (χ1) is 10.7. The molecule has 22 heavy (non-hydrogen) atoms. The predicted molar refractivity (Wildman–Crippen MR) is 81.3 cm³/mol. The van der Waals surface area contributed by atoms with Crippen molar-refractivity contribution in [3.8, 4) is 11.3 Å². The third-order valence-electron chi connectivity index (χ3n) is 4.04. The summed E-state index contributed by atoms with van der Waals surface area (Å²) in [6.45, 7) is 2.68. The molecule has 1 aromatic heterocycles. The second kappa shape index (κ2) is 6.29. The number of likely N-dealkylation sites (tertiary alicyclic amines) is 1. The Morgan fingerprint density at radius 3 is 2.86 bits per heavy atom. The highest BCUT2D eigenvalue weighted by Gasteiger charge is 2.23. The fourth-order valence-electron chi connectivity index (χ4n) is 2.87. The number of aliphatic hydroxyl groups excluding tert-OH is 1. The number of nitro benzene ring substituents is 1. The first kappa shape index (κ1) is 14.7. The summed E-state index contributed by atoms with van der Waals surface area (Å²) in [4.78, 5) is 12.9. The Balaban J connectivity index is 1.76. The molecule has 2 aromatic rings. The predicted octanol–water partition coefficient (Wildman–Crippen LogP) is 2.67. The fraction of sp³-hybridized carbons (Fsp3) is 0.375. The molecule has 0 bridgehead atoms. The number of furan rings is 1. The molecule has 6 heteroatoms. The molecule has 0 spiro atoms. The molecule has 0 aliphatic carbocycles. The lowest BCUT2D eigenvalue weighted by atomic mass is 10.1. The van der Waals surface area contributed by atoms with E-state index in [1.165, 1.54) is 6.07 Å². The number of nitro groups is 1. The summed E-state index contributed by atoms with van der Waals surface area (Å²) in [5, 5.41) is 20.3. The topological polar surface area (TPSA) is 79.8 Å². The van der Waals surface area contributed by atoms with Gasteiger partial charge in [-0.05, 0) is 37.1 Å². The van der Waals surface area contributed by atoms with E-state index in [9.17, 15) is 15.2 Å². The molecule has 1 aliphatic heterocycles. The molecule has 1 aromatic carbocycles. The second-order valence-electron chi connectivity index (χ2n) is 5.61. The zero-order valence-electron chi connectivity index (χ0n) is 12.1. The van der Waals surface area contributed by atoms with Crippen molar-refractivity contribution in [2.45, 2.75) is 13.0 Å². The maximum atomic E-state index is 11.1. The molecule has 3 rings (SSSR count). The van der Waals surface area contributed by atoms with Gasteiger partial charge in [0, 0.05) is 19.2 Å². The van der Waals surface area contributed by atoms with Crippen molar-refractivity contribution in [3.63, 3.8) is 0 Å². The van der Waals surface area contributed by atoms with Crippen LogP contribution in [0.1, 0.15) is 12.2 Å². The quantitative estimate of drug-likeness (QED) is 0.678. The molecule has 1 saturated heterocycles. The van der Waals surface area contributed by atoms with Crippen LogP contribution < -0.4 is 0 Å². The Morgan fingerprint density at radius 2 is 2.14 bits per heavy atom. The molecule has 6 nitrogen and oxygen atoms in total. The summed E-state index contributed by atoms with van der Waals surface area (Å²) >= 11 is 0. The van der Waals surface area contributed by atoms with Gasteiger partial charge in [0.2, 0.25) is 0 Å². The Kier molecular flexibility index (Phi) is 4.22. The van der Waals surface area contributed by atoms with Crippen LogP contribution >= 0.6 is 0 Å². The zero-order chi connectivity index (χ0) is 15.5. The highest BCUT2D eigenvalue weighted by Crippen LogP contribution is 2.31. The average molecular weight is 302 g/mol. The molecule has 1 N–H and O–H groups in total. The molecule has 1 aliphatic rings. The monoisotopic (exact) mass is 302 g/mol. The number of nitrogens with zero attached hydrogens (tertiary/aromatic N) is 2. The molecule has 0 radical (unpaired) electrons. The van der Waals surface area contributed by atoms with Gasteiger partial charge in [0.15, 0.2) is 0 Å². The smallest absolute Gasteiger partial charge is 0.280 e. The van der Waals surface area contributed by atoms with E-state index in [2.05, 4.69) is 4.90 Å². The van der Waals surface area contributed by atoms with Crippen LogP contribution in [0.5, 0.6) is 0 Å². The number of hydrogen-bond acceptors (Lipinski definition) is 5. The minimum atomic E-state index is -0.399. The van der Waals surface area contributed by atoms with Crippen LogP contribution in [-0.4, -0.2) is 34.6 Å². The van der Waals surface area contributed by atoms with Crippen LogP contribution in [0.4, 0.5) is 5.69 Å². The van der Waals surface area contributed by atoms with Crippen molar-refractivity contribution in [1.29, 1.82) is 0 Å². The van der Waals surface area contributed by atoms with E-state index < -0.39 is 4.92 Å². The SMILES string of the molecule is O=[N+]([O-])c1ccccc1-c1ccc(CN2CCC(CO)C2)o1. The van der Waals surface area contributed by atoms with Crippen LogP contribution in [0.25, 0.3) is 11.3 Å². The number of rotatable bonds is 5. The number of benzene rings is 1. The lowest BCUT2D eigenvalue weighted by molar-refractivity contribution is -0.384. The zero-order valence-corrected chi connectivity index (χ0v) is 12.1. The van der Waals surface area contributed by atoms with Crippen molar-refractivity contribution in [1.82, 2.24) is 4.90 Å². The van der Waals surface area contributed by atoms with E-state index in [4.69, 9.17) is 4.42 Å². The minimum absolute atomic E-state index is 0.0462. The van der Waals surface area contributed by atoms with Crippen molar-refractivity contribution in [2.24, 2.45) is 5.92 Å². The van der Waals surface area contributed by atoms with E-state index in [1.807, 2.05) is 6.07 Å². The molecule has 1 atom stereocenters. The van der Waals surface area contributed by atoms with Gasteiger partial charge in [-0.1, -0.05) is 12.1 Å². The van der Waals surface area contributed by atoms with Crippen molar-refractivity contribution in [2.75, 3.05) is 19.7 Å². The van der Waals surface area contributed by atoms with Gasteiger partial charge in [-0.3, -0.25) is 15.0 Å². The maximum absolute atomic E-state index is 11.1. The standard InChI is InChI=1S/C16H18N2O4/c19-11-12-7-8-17(9-12)10-13-5-6-16(22-13)14-3-1-2-4-15(14)18(20)21/h1-6,12,19H,7-11H2. The number of para-hydroxylation sites is 1. The van der Waals surface area contributed by atoms with Crippen LogP contribution in [0.15, 0.2) is 40.8 Å². The Morgan fingerprint density at radius 1 is 1.32 bits per heavy atom. The summed E-state index contributed by atoms with van der Waals surface area (Å²) in [6, 6.07) is 10.2. The molecule has 0 saturated carbocycles. The first-order valence-corrected chi connectivity index (χ1v) is 7.33. The van der Waals surface area contributed by atoms with E-state index in [-0.39, 0.29) is 12.3 Å². The first-order valence-electron chi connectivity index (χ1n) is 7.33. The molecule has 2 heterocycles. The van der Waals surface area contributed by atoms with Crippen molar-refractivity contribution < 1.29 is 14.4 Å². The molecular formula is C16H18N2O4. The highest BCUT2D eigenvalue weighted by atomic mass is 16.6. The van der Waals surface area contributed by atoms with Gasteiger partial charge in [0.1, 0.15) is 11.5 Å². The molecule has 0 amide bonds. The lowest BCUT2D eigenvalue weighted by Crippen LogP contribution is -2.20. The van der Waals surface area contributed by atoms with Gasteiger partial charge in [-0.15, -0.1) is 0 Å². The molecular weight excluding hydrogens is 284 g/mol. The van der Waals surface area contributed by atoms with Gasteiger partial charge in [-0.2, -0.15) is 0 Å². The van der Waals surface area contributed by atoms with E-state index in [0.717, 1.165) is 25.3 Å². The van der Waals surface area contributed by atoms with Gasteiger partial charge < -0.3 is 9.52 Å². The van der Waals surface area contributed by atoms with Crippen LogP contribution in [0.2, 0.25) is 0 Å². The van der Waals surface area contributed by atoms with E-state index in [0.29, 0.717) is 23.8 Å². The van der Waals surface area contributed by atoms with Crippen LogP contribution in [-0.2, 0) is 6.54 Å². The molecule has 116 valence electrons. The average Bonchev–Trinajstić information content (AvgIpc) is 3.17. The Bertz CT molecular complexity index is 668. The third kappa shape index (κ3) is 3.03. The van der Waals surface area contributed by atoms with Gasteiger partial charge in [0.25, 0.3) is 5.69 Å². The second-order valence-corrected chi connectivity index (χ2v) is 5.61. The summed E-state index contributed by atoms with van der Waals surface area (Å²) < 4.78 is 5.78. The Hall–Kier alpha value is -2.18. The van der Waals surface area contributed by atoms with Crippen LogP contribution in [0, 0.1) is 16.0 Å². The fourth-order valence-corrected chi connectivity index (χ4v) is 2.87. The lowest BCUT2D eigenvalue weighted by Gasteiger charge is -2.13. The van der Waals surface area contributed by atoms with Gasteiger partial charge >= 0.3 is 0 Å². The summed E-state index contributed by atoms with van der Waals surface area (Å²) in [5.74, 6) is 1.64. The molecule has 1 unspecified atom stereocenters. The summed E-state index contributed by atoms with van der Waals surface area (Å²) in [6.07, 6.45) is 0.994. The van der Waals surface area contributed by atoms with E-state index in [1.54, 1.807) is 24.3 Å². The minimum Gasteiger partial charge on any atom is -0.459 e.